The fourth-order valence-electron chi connectivity index (χ4n) is 4.04. The van der Waals surface area contributed by atoms with Crippen molar-refractivity contribution in [3.8, 4) is 5.75 Å². The van der Waals surface area contributed by atoms with Gasteiger partial charge in [0.05, 0.1) is 12.5 Å². The lowest BCUT2D eigenvalue weighted by molar-refractivity contribution is -0.149. The molecule has 2 fully saturated rings. The van der Waals surface area contributed by atoms with Gasteiger partial charge in [-0.25, -0.2) is 0 Å². The van der Waals surface area contributed by atoms with Crippen molar-refractivity contribution >= 4 is 11.7 Å². The Bertz CT molecular complexity index is 575. The first-order valence-electron chi connectivity index (χ1n) is 9.42. The second-order valence-corrected chi connectivity index (χ2v) is 7.20. The molecule has 1 atom stereocenters. The largest absolute Gasteiger partial charge is 0.497 e. The topological polar surface area (TPSA) is 42.0 Å². The van der Waals surface area contributed by atoms with E-state index in [4.69, 9.17) is 9.47 Å². The van der Waals surface area contributed by atoms with E-state index in [9.17, 15) is 4.79 Å². The van der Waals surface area contributed by atoms with Gasteiger partial charge in [-0.1, -0.05) is 13.8 Å². The van der Waals surface area contributed by atoms with Gasteiger partial charge in [-0.2, -0.15) is 0 Å². The fraction of sp³-hybridized carbons (Fsp3) is 0.650. The quantitative estimate of drug-likeness (QED) is 0.741. The third kappa shape index (κ3) is 3.76. The van der Waals surface area contributed by atoms with Crippen LogP contribution in [0.25, 0.3) is 0 Å². The number of methoxy groups -OCH3 is 1. The number of carbonyl (C=O) groups is 1. The summed E-state index contributed by atoms with van der Waals surface area (Å²) in [5, 5.41) is 0. The molecule has 2 heterocycles. The monoisotopic (exact) mass is 346 g/mol. The second-order valence-electron chi connectivity index (χ2n) is 7.20. The molecule has 0 aromatic heterocycles. The van der Waals surface area contributed by atoms with Crippen LogP contribution in [0.1, 0.15) is 33.1 Å². The number of carbonyl (C=O) groups excluding carboxylic acids is 1. The maximum absolute atomic E-state index is 12.2. The van der Waals surface area contributed by atoms with Crippen molar-refractivity contribution in [3.63, 3.8) is 0 Å². The normalized spacial score (nSPS) is 23.6. The minimum Gasteiger partial charge on any atom is -0.497 e. The number of hydrogen-bond acceptors (Lipinski definition) is 5. The number of nitrogens with zero attached hydrogens (tertiary/aromatic N) is 2. The first-order valence-corrected chi connectivity index (χ1v) is 9.42. The molecule has 1 aromatic rings. The van der Waals surface area contributed by atoms with E-state index in [2.05, 4.69) is 35.8 Å². The molecular weight excluding hydrogens is 316 g/mol. The zero-order chi connectivity index (χ0) is 17.9. The van der Waals surface area contributed by atoms with E-state index in [1.54, 1.807) is 7.11 Å². The number of rotatable bonds is 6. The lowest BCUT2D eigenvalue weighted by atomic mass is 9.79. The van der Waals surface area contributed by atoms with Crippen LogP contribution in [0.15, 0.2) is 24.3 Å². The van der Waals surface area contributed by atoms with Crippen LogP contribution in [0.4, 0.5) is 5.69 Å². The van der Waals surface area contributed by atoms with E-state index >= 15 is 0 Å². The summed E-state index contributed by atoms with van der Waals surface area (Å²) < 4.78 is 10.9. The lowest BCUT2D eigenvalue weighted by Gasteiger charge is -2.37. The third-order valence-corrected chi connectivity index (χ3v) is 5.95. The molecule has 2 saturated heterocycles. The summed E-state index contributed by atoms with van der Waals surface area (Å²) in [6.45, 7) is 9.07. The molecule has 1 unspecified atom stereocenters. The predicted octanol–water partition coefficient (Wildman–Crippen LogP) is 2.94. The van der Waals surface area contributed by atoms with E-state index in [0.717, 1.165) is 57.7 Å². The van der Waals surface area contributed by atoms with E-state index < -0.39 is 0 Å². The molecule has 0 N–H and O–H groups in total. The van der Waals surface area contributed by atoms with Crippen LogP contribution in [0.2, 0.25) is 0 Å². The van der Waals surface area contributed by atoms with Crippen molar-refractivity contribution in [2.45, 2.75) is 39.2 Å². The van der Waals surface area contributed by atoms with Crippen molar-refractivity contribution in [2.24, 2.45) is 5.41 Å². The Morgan fingerprint density at radius 2 is 1.76 bits per heavy atom. The first kappa shape index (κ1) is 18.1. The number of cyclic esters (lactones) is 1. The highest BCUT2D eigenvalue weighted by Gasteiger charge is 2.46. The molecule has 25 heavy (non-hydrogen) atoms. The smallest absolute Gasteiger partial charge is 0.312 e. The van der Waals surface area contributed by atoms with Gasteiger partial charge in [-0.05, 0) is 37.1 Å². The molecule has 2 aliphatic heterocycles. The van der Waals surface area contributed by atoms with Crippen molar-refractivity contribution in [2.75, 3.05) is 44.7 Å². The number of benzene rings is 1. The molecule has 0 aliphatic carbocycles. The van der Waals surface area contributed by atoms with Crippen molar-refractivity contribution in [1.82, 2.24) is 4.90 Å². The van der Waals surface area contributed by atoms with Gasteiger partial charge in [-0.3, -0.25) is 9.69 Å². The number of piperazine rings is 1. The van der Waals surface area contributed by atoms with Gasteiger partial charge in [0.25, 0.3) is 0 Å². The second kappa shape index (κ2) is 7.65. The summed E-state index contributed by atoms with van der Waals surface area (Å²) >= 11 is 0. The summed E-state index contributed by atoms with van der Waals surface area (Å²) in [4.78, 5) is 17.1. The minimum atomic E-state index is -0.240. The molecule has 138 valence electrons. The molecule has 0 spiro atoms. The minimum absolute atomic E-state index is 0.0133. The van der Waals surface area contributed by atoms with E-state index in [1.807, 2.05) is 12.1 Å². The standard InChI is InChI=1S/C20H30N2O3/c1-4-20(5-2)14-18(25-19(20)23)15-21-10-12-22(13-11-21)16-6-8-17(24-3)9-7-16/h6-9,18H,4-5,10-15H2,1-3H3. The van der Waals surface area contributed by atoms with Crippen LogP contribution >= 0.6 is 0 Å². The van der Waals surface area contributed by atoms with E-state index in [1.165, 1.54) is 5.69 Å². The predicted molar refractivity (Wildman–Crippen MR) is 99.2 cm³/mol. The van der Waals surface area contributed by atoms with Crippen LogP contribution in [0, 0.1) is 5.41 Å². The van der Waals surface area contributed by atoms with Gasteiger partial charge >= 0.3 is 5.97 Å². The van der Waals surface area contributed by atoms with Crippen LogP contribution < -0.4 is 9.64 Å². The highest BCUT2D eigenvalue weighted by Crippen LogP contribution is 2.40. The van der Waals surface area contributed by atoms with Gasteiger partial charge < -0.3 is 14.4 Å². The molecule has 0 amide bonds. The summed E-state index contributed by atoms with van der Waals surface area (Å²) in [5.74, 6) is 0.903. The molecule has 5 nitrogen and oxygen atoms in total. The summed E-state index contributed by atoms with van der Waals surface area (Å²) in [7, 11) is 1.69. The van der Waals surface area contributed by atoms with Crippen molar-refractivity contribution in [3.05, 3.63) is 24.3 Å². The number of anilines is 1. The maximum atomic E-state index is 12.2. The molecule has 2 aliphatic rings. The zero-order valence-corrected chi connectivity index (χ0v) is 15.7. The Hall–Kier alpha value is -1.75. The summed E-state index contributed by atoms with van der Waals surface area (Å²) in [6, 6.07) is 8.25. The average molecular weight is 346 g/mol. The van der Waals surface area contributed by atoms with Crippen LogP contribution in [-0.2, 0) is 9.53 Å². The maximum Gasteiger partial charge on any atom is 0.312 e. The van der Waals surface area contributed by atoms with Gasteiger partial charge in [0.15, 0.2) is 0 Å². The molecule has 1 aromatic carbocycles. The Morgan fingerprint density at radius 1 is 1.12 bits per heavy atom. The zero-order valence-electron chi connectivity index (χ0n) is 15.7. The fourth-order valence-corrected chi connectivity index (χ4v) is 4.04. The van der Waals surface area contributed by atoms with E-state index in [0.29, 0.717) is 0 Å². The molecule has 0 saturated carbocycles. The van der Waals surface area contributed by atoms with Gasteiger partial charge in [0.1, 0.15) is 11.9 Å². The van der Waals surface area contributed by atoms with Gasteiger partial charge in [-0.15, -0.1) is 0 Å². The molecule has 3 rings (SSSR count). The molecular formula is C20H30N2O3. The van der Waals surface area contributed by atoms with Gasteiger partial charge in [0, 0.05) is 44.8 Å². The van der Waals surface area contributed by atoms with Crippen LogP contribution in [-0.4, -0.2) is 56.8 Å². The first-order chi connectivity index (χ1) is 12.1. The molecule has 0 bridgehead atoms. The Kier molecular flexibility index (Phi) is 5.52. The Labute approximate surface area is 150 Å². The highest BCUT2D eigenvalue weighted by molar-refractivity contribution is 5.79. The number of esters is 1. The number of ether oxygens (including phenoxy) is 2. The summed E-state index contributed by atoms with van der Waals surface area (Å²) in [6.07, 6.45) is 2.69. The Morgan fingerprint density at radius 3 is 2.28 bits per heavy atom. The molecule has 0 radical (unpaired) electrons. The highest BCUT2D eigenvalue weighted by atomic mass is 16.6. The average Bonchev–Trinajstić information content (AvgIpc) is 2.98. The molecule has 5 heteroatoms. The van der Waals surface area contributed by atoms with Crippen LogP contribution in [0.5, 0.6) is 5.75 Å². The summed E-state index contributed by atoms with van der Waals surface area (Å²) in [5.41, 5.74) is 0.999. The number of hydrogen-bond donors (Lipinski definition) is 0. The van der Waals surface area contributed by atoms with Crippen LogP contribution in [0.3, 0.4) is 0 Å². The lowest BCUT2D eigenvalue weighted by Crippen LogP contribution is -2.48. The van der Waals surface area contributed by atoms with Crippen molar-refractivity contribution in [1.29, 1.82) is 0 Å². The van der Waals surface area contributed by atoms with Gasteiger partial charge in [0.2, 0.25) is 0 Å². The SMILES string of the molecule is CCC1(CC)CC(CN2CCN(c3ccc(OC)cc3)CC2)OC1=O. The van der Waals surface area contributed by atoms with E-state index in [-0.39, 0.29) is 17.5 Å². The van der Waals surface area contributed by atoms with Crippen molar-refractivity contribution < 1.29 is 14.3 Å². The Balaban J connectivity index is 1.50. The third-order valence-electron chi connectivity index (χ3n) is 5.95.